The Balaban J connectivity index is 2.02. The van der Waals surface area contributed by atoms with Gasteiger partial charge in [0.15, 0.2) is 23.4 Å². The molecule has 140 valence electrons. The van der Waals surface area contributed by atoms with Gasteiger partial charge < -0.3 is 24.1 Å². The quantitative estimate of drug-likeness (QED) is 0.748. The maximum atomic E-state index is 12.3. The van der Waals surface area contributed by atoms with E-state index in [4.69, 9.17) is 14.0 Å². The number of aryl methyl sites for hydroxylation is 1. The van der Waals surface area contributed by atoms with E-state index in [1.807, 2.05) is 0 Å². The highest BCUT2D eigenvalue weighted by molar-refractivity contribution is 5.97. The lowest BCUT2D eigenvalue weighted by molar-refractivity contribution is -0.123. The summed E-state index contributed by atoms with van der Waals surface area (Å²) in [5, 5.41) is 6.02. The third-order valence-electron chi connectivity index (χ3n) is 3.15. The average Bonchev–Trinajstić information content (AvgIpc) is 2.99. The van der Waals surface area contributed by atoms with Gasteiger partial charge in [0.05, 0.1) is 12.7 Å². The minimum absolute atomic E-state index is 0.000367. The topological polar surface area (TPSA) is 99.9 Å². The van der Waals surface area contributed by atoms with Crippen molar-refractivity contribution >= 4 is 17.7 Å². The van der Waals surface area contributed by atoms with E-state index < -0.39 is 24.6 Å². The summed E-state index contributed by atoms with van der Waals surface area (Å²) in [7, 11) is 1.23. The molecule has 26 heavy (non-hydrogen) atoms. The lowest BCUT2D eigenvalue weighted by Gasteiger charge is -2.14. The van der Waals surface area contributed by atoms with Crippen LogP contribution in [0.4, 0.5) is 14.6 Å². The number of esters is 1. The molecule has 8 nitrogen and oxygen atoms in total. The highest BCUT2D eigenvalue weighted by Crippen LogP contribution is 2.29. The number of carbonyl (C=O) groups excluding carboxylic acids is 2. The number of amides is 1. The lowest BCUT2D eigenvalue weighted by atomic mass is 10.2. The number of anilines is 1. The summed E-state index contributed by atoms with van der Waals surface area (Å²) in [6.45, 7) is -0.0161. The molecule has 1 amide bonds. The van der Waals surface area contributed by atoms with Gasteiger partial charge in [-0.25, -0.2) is 4.79 Å². The summed E-state index contributed by atoms with van der Waals surface area (Å²) < 4.78 is 43.7. The molecule has 1 heterocycles. The van der Waals surface area contributed by atoms with E-state index in [9.17, 15) is 18.4 Å². The molecule has 10 heteroatoms. The van der Waals surface area contributed by atoms with Crippen LogP contribution in [-0.2, 0) is 9.53 Å². The molecule has 1 N–H and O–H groups in total. The van der Waals surface area contributed by atoms with Gasteiger partial charge in [0, 0.05) is 6.07 Å². The van der Waals surface area contributed by atoms with Gasteiger partial charge in [-0.15, -0.1) is 0 Å². The largest absolute Gasteiger partial charge is 0.493 e. The average molecular weight is 370 g/mol. The maximum absolute atomic E-state index is 12.3. The third-order valence-corrected chi connectivity index (χ3v) is 3.15. The number of ether oxygens (including phenoxy) is 3. The Morgan fingerprint density at radius 2 is 1.96 bits per heavy atom. The predicted octanol–water partition coefficient (Wildman–Crippen LogP) is 2.78. The molecular formula is C16H16F2N2O6. The Labute approximate surface area is 147 Å². The Morgan fingerprint density at radius 1 is 1.23 bits per heavy atom. The minimum Gasteiger partial charge on any atom is -0.493 e. The van der Waals surface area contributed by atoms with Crippen molar-refractivity contribution in [3.63, 3.8) is 0 Å². The van der Waals surface area contributed by atoms with Crippen LogP contribution < -0.4 is 14.8 Å². The SMILES string of the molecule is COc1cc(C(=O)OC(C)C(=O)Nc2cc(C)on2)ccc1OC(F)F. The molecule has 1 aromatic carbocycles. The first-order chi connectivity index (χ1) is 12.3. The molecule has 0 fully saturated rings. The molecule has 2 aromatic rings. The van der Waals surface area contributed by atoms with Crippen LogP contribution in [0.2, 0.25) is 0 Å². The van der Waals surface area contributed by atoms with Gasteiger partial charge in [0.2, 0.25) is 0 Å². The van der Waals surface area contributed by atoms with Crippen molar-refractivity contribution in [2.45, 2.75) is 26.6 Å². The molecule has 0 aliphatic heterocycles. The summed E-state index contributed by atoms with van der Waals surface area (Å²) in [5.74, 6) is -1.07. The van der Waals surface area contributed by atoms with E-state index in [1.165, 1.54) is 32.2 Å². The van der Waals surface area contributed by atoms with Crippen LogP contribution in [0.1, 0.15) is 23.0 Å². The van der Waals surface area contributed by atoms with Gasteiger partial charge in [-0.2, -0.15) is 8.78 Å². The first-order valence-electron chi connectivity index (χ1n) is 7.38. The zero-order chi connectivity index (χ0) is 19.3. The number of nitrogens with one attached hydrogen (secondary N) is 1. The number of hydrogen-bond acceptors (Lipinski definition) is 7. The van der Waals surface area contributed by atoms with Crippen molar-refractivity contribution in [1.29, 1.82) is 0 Å². The summed E-state index contributed by atoms with van der Waals surface area (Å²) in [6.07, 6.45) is -1.14. The number of hydrogen-bond donors (Lipinski definition) is 1. The molecule has 1 aromatic heterocycles. The molecule has 0 saturated heterocycles. The Morgan fingerprint density at radius 3 is 2.54 bits per heavy atom. The first kappa shape index (κ1) is 19.2. The molecule has 0 saturated carbocycles. The number of benzene rings is 1. The Hall–Kier alpha value is -3.17. The van der Waals surface area contributed by atoms with Crippen LogP contribution in [-0.4, -0.2) is 36.9 Å². The molecule has 2 rings (SSSR count). The van der Waals surface area contributed by atoms with Crippen LogP contribution in [0, 0.1) is 6.92 Å². The molecule has 0 spiro atoms. The fourth-order valence-corrected chi connectivity index (χ4v) is 1.92. The van der Waals surface area contributed by atoms with Crippen molar-refractivity contribution < 1.29 is 37.1 Å². The number of methoxy groups -OCH3 is 1. The third kappa shape index (κ3) is 4.91. The molecule has 1 unspecified atom stereocenters. The van der Waals surface area contributed by atoms with Crippen molar-refractivity contribution in [1.82, 2.24) is 5.16 Å². The number of alkyl halides is 2. The van der Waals surface area contributed by atoms with E-state index in [-0.39, 0.29) is 22.9 Å². The van der Waals surface area contributed by atoms with Crippen LogP contribution in [0.5, 0.6) is 11.5 Å². The van der Waals surface area contributed by atoms with E-state index in [1.54, 1.807) is 6.92 Å². The van der Waals surface area contributed by atoms with Crippen molar-refractivity contribution in [3.05, 3.63) is 35.6 Å². The van der Waals surface area contributed by atoms with Crippen LogP contribution >= 0.6 is 0 Å². The molecule has 0 aliphatic carbocycles. The molecular weight excluding hydrogens is 354 g/mol. The van der Waals surface area contributed by atoms with Crippen LogP contribution in [0.25, 0.3) is 0 Å². The number of halogens is 2. The van der Waals surface area contributed by atoms with Crippen molar-refractivity contribution in [2.75, 3.05) is 12.4 Å². The second-order valence-electron chi connectivity index (χ2n) is 5.10. The van der Waals surface area contributed by atoms with E-state index in [0.717, 1.165) is 6.07 Å². The van der Waals surface area contributed by atoms with Crippen LogP contribution in [0.15, 0.2) is 28.8 Å². The van der Waals surface area contributed by atoms with Gasteiger partial charge >= 0.3 is 12.6 Å². The van der Waals surface area contributed by atoms with E-state index >= 15 is 0 Å². The van der Waals surface area contributed by atoms with E-state index in [2.05, 4.69) is 15.2 Å². The zero-order valence-electron chi connectivity index (χ0n) is 14.1. The zero-order valence-corrected chi connectivity index (χ0v) is 14.1. The monoisotopic (exact) mass is 370 g/mol. The van der Waals surface area contributed by atoms with Crippen molar-refractivity contribution in [3.8, 4) is 11.5 Å². The normalized spacial score (nSPS) is 11.8. The first-order valence-corrected chi connectivity index (χ1v) is 7.38. The fraction of sp³-hybridized carbons (Fsp3) is 0.312. The summed E-state index contributed by atoms with van der Waals surface area (Å²) in [4.78, 5) is 24.1. The number of aromatic nitrogens is 1. The minimum atomic E-state index is -3.04. The van der Waals surface area contributed by atoms with Gasteiger partial charge in [-0.3, -0.25) is 4.79 Å². The molecule has 0 aliphatic rings. The van der Waals surface area contributed by atoms with Gasteiger partial charge in [0.25, 0.3) is 5.91 Å². The Bertz CT molecular complexity index is 793. The molecule has 0 bridgehead atoms. The highest BCUT2D eigenvalue weighted by Gasteiger charge is 2.21. The lowest BCUT2D eigenvalue weighted by Crippen LogP contribution is -2.30. The van der Waals surface area contributed by atoms with Crippen LogP contribution in [0.3, 0.4) is 0 Å². The number of rotatable bonds is 7. The molecule has 0 radical (unpaired) electrons. The van der Waals surface area contributed by atoms with Crippen molar-refractivity contribution in [2.24, 2.45) is 0 Å². The van der Waals surface area contributed by atoms with Gasteiger partial charge in [-0.1, -0.05) is 5.16 Å². The molecule has 1 atom stereocenters. The van der Waals surface area contributed by atoms with E-state index in [0.29, 0.717) is 5.76 Å². The number of carbonyl (C=O) groups is 2. The summed E-state index contributed by atoms with van der Waals surface area (Å²) in [5.41, 5.74) is 0.000367. The predicted molar refractivity (Wildman–Crippen MR) is 84.4 cm³/mol. The van der Waals surface area contributed by atoms with Gasteiger partial charge in [-0.05, 0) is 32.0 Å². The highest BCUT2D eigenvalue weighted by atomic mass is 19.3. The fourth-order valence-electron chi connectivity index (χ4n) is 1.92. The van der Waals surface area contributed by atoms with Gasteiger partial charge in [0.1, 0.15) is 5.76 Å². The summed E-state index contributed by atoms with van der Waals surface area (Å²) in [6, 6.07) is 5.03. The standard InChI is InChI=1S/C16H16F2N2O6/c1-8-6-13(20-26-8)19-14(21)9(2)24-15(22)10-4-5-11(25-16(17)18)12(7-10)23-3/h4-7,9,16H,1-3H3,(H,19,20,21). The maximum Gasteiger partial charge on any atom is 0.387 e. The number of nitrogens with zero attached hydrogens (tertiary/aromatic N) is 1. The second kappa shape index (κ2) is 8.28. The second-order valence-corrected chi connectivity index (χ2v) is 5.10. The smallest absolute Gasteiger partial charge is 0.387 e. The Kier molecular flexibility index (Phi) is 6.10. The summed E-state index contributed by atoms with van der Waals surface area (Å²) >= 11 is 0.